The lowest BCUT2D eigenvalue weighted by atomic mass is 10.1. The molecule has 1 aromatic carbocycles. The molecule has 182 valence electrons. The third-order valence-electron chi connectivity index (χ3n) is 5.69. The van der Waals surface area contributed by atoms with Crippen LogP contribution >= 0.6 is 11.6 Å². The minimum atomic E-state index is -0.192. The Labute approximate surface area is 209 Å². The average molecular weight is 494 g/mol. The number of imidazole rings is 1. The SMILES string of the molecule is Cc1cc(-n2ccnc2)c2cccc(OCc3c(Cl)cncc3CN(CCO)C(=O)C(C)C)c2n1. The first kappa shape index (κ1) is 24.6. The van der Waals surface area contributed by atoms with Crippen LogP contribution in [0.3, 0.4) is 0 Å². The molecule has 4 rings (SSSR count). The maximum absolute atomic E-state index is 12.6. The quantitative estimate of drug-likeness (QED) is 0.373. The third kappa shape index (κ3) is 5.44. The van der Waals surface area contributed by atoms with Crippen LogP contribution in [0.4, 0.5) is 0 Å². The zero-order chi connectivity index (χ0) is 24.9. The molecule has 4 aromatic rings. The van der Waals surface area contributed by atoms with E-state index in [1.165, 1.54) is 0 Å². The smallest absolute Gasteiger partial charge is 0.225 e. The van der Waals surface area contributed by atoms with E-state index >= 15 is 0 Å². The Morgan fingerprint density at radius 2 is 2.09 bits per heavy atom. The lowest BCUT2D eigenvalue weighted by molar-refractivity contribution is -0.135. The molecule has 0 aliphatic rings. The van der Waals surface area contributed by atoms with Gasteiger partial charge in [-0.25, -0.2) is 9.97 Å². The number of para-hydroxylation sites is 1. The monoisotopic (exact) mass is 493 g/mol. The molecule has 3 heterocycles. The van der Waals surface area contributed by atoms with Gasteiger partial charge in [-0.15, -0.1) is 0 Å². The molecule has 9 heteroatoms. The molecule has 8 nitrogen and oxygen atoms in total. The number of hydrogen-bond donors (Lipinski definition) is 1. The second-order valence-electron chi connectivity index (χ2n) is 8.59. The number of amides is 1. The fourth-order valence-corrected chi connectivity index (χ4v) is 4.20. The van der Waals surface area contributed by atoms with Gasteiger partial charge in [-0.2, -0.15) is 0 Å². The molecule has 0 bridgehead atoms. The number of aryl methyl sites for hydroxylation is 1. The molecule has 0 aliphatic carbocycles. The number of carbonyl (C=O) groups is 1. The summed E-state index contributed by atoms with van der Waals surface area (Å²) >= 11 is 6.51. The van der Waals surface area contributed by atoms with Crippen molar-refractivity contribution in [3.63, 3.8) is 0 Å². The molecule has 3 aromatic heterocycles. The van der Waals surface area contributed by atoms with E-state index in [1.54, 1.807) is 29.8 Å². The number of carbonyl (C=O) groups excluding carboxylic acids is 1. The number of hydrogen-bond acceptors (Lipinski definition) is 6. The van der Waals surface area contributed by atoms with E-state index in [4.69, 9.17) is 21.3 Å². The minimum Gasteiger partial charge on any atom is -0.487 e. The Balaban J connectivity index is 1.65. The summed E-state index contributed by atoms with van der Waals surface area (Å²) in [6.45, 7) is 6.17. The molecule has 0 fully saturated rings. The number of fused-ring (bicyclic) bond motifs is 1. The average Bonchev–Trinajstić information content (AvgIpc) is 3.37. The zero-order valence-electron chi connectivity index (χ0n) is 20.0. The summed E-state index contributed by atoms with van der Waals surface area (Å²) in [5.41, 5.74) is 4.06. The van der Waals surface area contributed by atoms with Crippen molar-refractivity contribution in [1.29, 1.82) is 0 Å². The summed E-state index contributed by atoms with van der Waals surface area (Å²) in [5, 5.41) is 10.8. The van der Waals surface area contributed by atoms with Crippen molar-refractivity contribution in [2.45, 2.75) is 33.9 Å². The molecule has 35 heavy (non-hydrogen) atoms. The predicted octanol–water partition coefficient (Wildman–Crippen LogP) is 4.33. The Kier molecular flexibility index (Phi) is 7.63. The van der Waals surface area contributed by atoms with Gasteiger partial charge in [-0.1, -0.05) is 37.6 Å². The number of rotatable bonds is 9. The van der Waals surface area contributed by atoms with Crippen LogP contribution in [0.25, 0.3) is 16.6 Å². The van der Waals surface area contributed by atoms with Gasteiger partial charge in [0.15, 0.2) is 0 Å². The van der Waals surface area contributed by atoms with Crippen molar-refractivity contribution < 1.29 is 14.6 Å². The van der Waals surface area contributed by atoms with Crippen molar-refractivity contribution in [3.05, 3.63) is 77.2 Å². The second kappa shape index (κ2) is 10.8. The van der Waals surface area contributed by atoms with Crippen molar-refractivity contribution in [3.8, 4) is 11.4 Å². The Morgan fingerprint density at radius 3 is 2.80 bits per heavy atom. The number of aromatic nitrogens is 4. The number of ether oxygens (including phenoxy) is 1. The van der Waals surface area contributed by atoms with Crippen molar-refractivity contribution in [1.82, 2.24) is 24.4 Å². The highest BCUT2D eigenvalue weighted by Gasteiger charge is 2.20. The number of aliphatic hydroxyl groups is 1. The zero-order valence-corrected chi connectivity index (χ0v) is 20.7. The number of benzene rings is 1. The summed E-state index contributed by atoms with van der Waals surface area (Å²) in [4.78, 5) is 27.4. The Hall–Kier alpha value is -3.49. The van der Waals surface area contributed by atoms with Gasteiger partial charge < -0.3 is 19.3 Å². The first-order chi connectivity index (χ1) is 16.9. The highest BCUT2D eigenvalue weighted by Crippen LogP contribution is 2.31. The van der Waals surface area contributed by atoms with E-state index in [0.717, 1.165) is 33.4 Å². The number of halogens is 1. The highest BCUT2D eigenvalue weighted by atomic mass is 35.5. The van der Waals surface area contributed by atoms with E-state index in [0.29, 0.717) is 10.8 Å². The summed E-state index contributed by atoms with van der Waals surface area (Å²) < 4.78 is 8.20. The topological polar surface area (TPSA) is 93.4 Å². The van der Waals surface area contributed by atoms with Crippen LogP contribution < -0.4 is 4.74 Å². The van der Waals surface area contributed by atoms with Gasteiger partial charge in [0.2, 0.25) is 5.91 Å². The van der Waals surface area contributed by atoms with Crippen molar-refractivity contribution >= 4 is 28.4 Å². The van der Waals surface area contributed by atoms with E-state index in [9.17, 15) is 9.90 Å². The number of aliphatic hydroxyl groups excluding tert-OH is 1. The van der Waals surface area contributed by atoms with Crippen LogP contribution in [0.1, 0.15) is 30.7 Å². The van der Waals surface area contributed by atoms with Crippen LogP contribution in [0.15, 0.2) is 55.4 Å². The van der Waals surface area contributed by atoms with Crippen LogP contribution in [-0.4, -0.2) is 48.6 Å². The molecule has 1 N–H and O–H groups in total. The second-order valence-corrected chi connectivity index (χ2v) is 9.00. The largest absolute Gasteiger partial charge is 0.487 e. The van der Waals surface area contributed by atoms with Crippen molar-refractivity contribution in [2.24, 2.45) is 5.92 Å². The molecule has 0 saturated carbocycles. The Morgan fingerprint density at radius 1 is 1.26 bits per heavy atom. The lowest BCUT2D eigenvalue weighted by Gasteiger charge is -2.25. The summed E-state index contributed by atoms with van der Waals surface area (Å²) in [7, 11) is 0. The minimum absolute atomic E-state index is 0.0494. The fraction of sp³-hybridized carbons (Fsp3) is 0.308. The van der Waals surface area contributed by atoms with Crippen LogP contribution in [-0.2, 0) is 17.9 Å². The first-order valence-corrected chi connectivity index (χ1v) is 11.8. The normalized spacial score (nSPS) is 11.3. The van der Waals surface area contributed by atoms with Gasteiger partial charge in [-0.3, -0.25) is 9.78 Å². The Bertz CT molecular complexity index is 1320. The van der Waals surface area contributed by atoms with Crippen LogP contribution in [0, 0.1) is 12.8 Å². The third-order valence-corrected chi connectivity index (χ3v) is 6.02. The van der Waals surface area contributed by atoms with Gasteiger partial charge in [-0.05, 0) is 24.6 Å². The van der Waals surface area contributed by atoms with E-state index in [2.05, 4.69) is 9.97 Å². The van der Waals surface area contributed by atoms with Crippen molar-refractivity contribution in [2.75, 3.05) is 13.2 Å². The lowest BCUT2D eigenvalue weighted by Crippen LogP contribution is -2.36. The van der Waals surface area contributed by atoms with Crippen LogP contribution in [0.2, 0.25) is 5.02 Å². The molecular weight excluding hydrogens is 466 g/mol. The molecule has 0 spiro atoms. The first-order valence-electron chi connectivity index (χ1n) is 11.4. The molecule has 0 aliphatic heterocycles. The fourth-order valence-electron chi connectivity index (χ4n) is 3.97. The van der Waals surface area contributed by atoms with Gasteiger partial charge in [0.1, 0.15) is 17.9 Å². The summed E-state index contributed by atoms with van der Waals surface area (Å²) in [6, 6.07) is 7.81. The van der Waals surface area contributed by atoms with E-state index in [1.807, 2.05) is 55.8 Å². The molecule has 0 unspecified atom stereocenters. The molecule has 0 radical (unpaired) electrons. The van der Waals surface area contributed by atoms with Gasteiger partial charge in [0.05, 0.1) is 23.6 Å². The summed E-state index contributed by atoms with van der Waals surface area (Å²) in [6.07, 6.45) is 8.62. The molecule has 1 amide bonds. The maximum atomic E-state index is 12.6. The molecular formula is C26H28ClN5O3. The van der Waals surface area contributed by atoms with Gasteiger partial charge in [0, 0.05) is 60.4 Å². The number of pyridine rings is 2. The highest BCUT2D eigenvalue weighted by molar-refractivity contribution is 6.31. The standard InChI is InChI=1S/C26H28ClN5O3/c1-17(2)26(34)31(9-10-33)14-19-12-29-13-22(27)21(19)15-35-24-6-4-5-20-23(32-8-7-28-16-32)11-18(3)30-25(20)24/h4-8,11-13,16-17,33H,9-10,14-15H2,1-3H3. The van der Waals surface area contributed by atoms with Crippen LogP contribution in [0.5, 0.6) is 5.75 Å². The molecule has 0 saturated heterocycles. The number of nitrogens with zero attached hydrogens (tertiary/aromatic N) is 5. The summed E-state index contributed by atoms with van der Waals surface area (Å²) in [5.74, 6) is 0.381. The van der Waals surface area contributed by atoms with Gasteiger partial charge >= 0.3 is 0 Å². The maximum Gasteiger partial charge on any atom is 0.225 e. The predicted molar refractivity (Wildman–Crippen MR) is 135 cm³/mol. The van der Waals surface area contributed by atoms with E-state index < -0.39 is 0 Å². The van der Waals surface area contributed by atoms with E-state index in [-0.39, 0.29) is 38.1 Å². The van der Waals surface area contributed by atoms with Gasteiger partial charge in [0.25, 0.3) is 0 Å². The molecule has 0 atom stereocenters.